The highest BCUT2D eigenvalue weighted by molar-refractivity contribution is 6.03. The fraction of sp³-hybridized carbons (Fsp3) is 0.417. The molecule has 2 rings (SSSR count). The predicted octanol–water partition coefficient (Wildman–Crippen LogP) is 0.749. The van der Waals surface area contributed by atoms with Crippen LogP contribution in [-0.2, 0) is 11.8 Å². The van der Waals surface area contributed by atoms with Gasteiger partial charge < -0.3 is 14.7 Å². The van der Waals surface area contributed by atoms with Gasteiger partial charge in [0.05, 0.1) is 23.9 Å². The van der Waals surface area contributed by atoms with Crippen LogP contribution in [-0.4, -0.2) is 53.1 Å². The number of carbonyl (C=O) groups is 1. The Morgan fingerprint density at radius 1 is 1.53 bits per heavy atom. The van der Waals surface area contributed by atoms with Crippen molar-refractivity contribution in [3.8, 4) is 0 Å². The van der Waals surface area contributed by atoms with E-state index < -0.39 is 5.97 Å². The number of rotatable bonds is 5. The van der Waals surface area contributed by atoms with Gasteiger partial charge in [0.2, 0.25) is 0 Å². The van der Waals surface area contributed by atoms with Crippen LogP contribution < -0.4 is 4.90 Å². The maximum absolute atomic E-state index is 11.3. The van der Waals surface area contributed by atoms with Gasteiger partial charge in [-0.3, -0.25) is 4.68 Å². The van der Waals surface area contributed by atoms with Crippen molar-refractivity contribution in [3.63, 3.8) is 0 Å². The number of carboxylic acids is 1. The summed E-state index contributed by atoms with van der Waals surface area (Å²) in [6.45, 7) is 1.10. The number of ether oxygens (including phenoxy) is 1. The second-order valence-corrected chi connectivity index (χ2v) is 4.25. The summed E-state index contributed by atoms with van der Waals surface area (Å²) in [6.07, 6.45) is 3.00. The van der Waals surface area contributed by atoms with Crippen LogP contribution in [0.4, 0.5) is 5.69 Å². The van der Waals surface area contributed by atoms with E-state index in [4.69, 9.17) is 4.74 Å². The summed E-state index contributed by atoms with van der Waals surface area (Å²) in [4.78, 5) is 17.3. The predicted molar refractivity (Wildman–Crippen MR) is 70.6 cm³/mol. The summed E-state index contributed by atoms with van der Waals surface area (Å²) in [5, 5.41) is 14.1. The fourth-order valence-corrected chi connectivity index (χ4v) is 1.99. The minimum Gasteiger partial charge on any atom is -0.478 e. The third-order valence-corrected chi connectivity index (χ3v) is 2.98. The van der Waals surface area contributed by atoms with E-state index >= 15 is 0 Å². The van der Waals surface area contributed by atoms with Crippen LogP contribution in [0.5, 0.6) is 0 Å². The molecule has 0 fully saturated rings. The molecule has 0 atom stereocenters. The quantitative estimate of drug-likeness (QED) is 0.858. The molecule has 0 saturated carbocycles. The fourth-order valence-electron chi connectivity index (χ4n) is 1.99. The molecule has 102 valence electrons. The molecule has 7 nitrogen and oxygen atoms in total. The van der Waals surface area contributed by atoms with Crippen LogP contribution in [0.2, 0.25) is 0 Å². The molecule has 2 heterocycles. The van der Waals surface area contributed by atoms with E-state index in [1.165, 1.54) is 6.20 Å². The van der Waals surface area contributed by atoms with Crippen LogP contribution in [0.25, 0.3) is 11.0 Å². The van der Waals surface area contributed by atoms with Crippen molar-refractivity contribution in [3.05, 3.63) is 18.0 Å². The first kappa shape index (κ1) is 13.3. The van der Waals surface area contributed by atoms with E-state index in [1.807, 2.05) is 11.9 Å². The molecule has 0 aliphatic carbocycles. The third-order valence-electron chi connectivity index (χ3n) is 2.98. The first-order chi connectivity index (χ1) is 9.06. The van der Waals surface area contributed by atoms with Gasteiger partial charge in [-0.1, -0.05) is 0 Å². The van der Waals surface area contributed by atoms with Gasteiger partial charge in [0.25, 0.3) is 0 Å². The highest BCUT2D eigenvalue weighted by Gasteiger charge is 2.19. The number of aromatic nitrogens is 3. The number of carboxylic acid groups (broad SMARTS) is 1. The van der Waals surface area contributed by atoms with Gasteiger partial charge in [0, 0.05) is 33.9 Å². The normalized spacial score (nSPS) is 10.9. The SMILES string of the molecule is COCCN(C)c1c(C(=O)O)cnc2c1cnn2C. The molecule has 0 aliphatic rings. The molecule has 7 heteroatoms. The second-order valence-electron chi connectivity index (χ2n) is 4.25. The average molecular weight is 264 g/mol. The topological polar surface area (TPSA) is 80.5 Å². The average Bonchev–Trinajstić information content (AvgIpc) is 2.76. The Morgan fingerprint density at radius 2 is 2.26 bits per heavy atom. The number of aromatic carboxylic acids is 1. The van der Waals surface area contributed by atoms with Gasteiger partial charge in [-0.2, -0.15) is 5.10 Å². The standard InChI is InChI=1S/C12H16N4O3/c1-15(4-5-19-3)10-8-7-14-16(2)11(8)13-6-9(10)12(17)18/h6-7H,4-5H2,1-3H3,(H,17,18). The van der Waals surface area contributed by atoms with Crippen LogP contribution in [0, 0.1) is 0 Å². The molecule has 0 aromatic carbocycles. The molecule has 1 N–H and O–H groups in total. The summed E-state index contributed by atoms with van der Waals surface area (Å²) in [5.74, 6) is -1.00. The highest BCUT2D eigenvalue weighted by atomic mass is 16.5. The minimum atomic E-state index is -1.00. The number of pyridine rings is 1. The van der Waals surface area contributed by atoms with Crippen LogP contribution in [0.1, 0.15) is 10.4 Å². The molecule has 0 bridgehead atoms. The Hall–Kier alpha value is -2.15. The van der Waals surface area contributed by atoms with Crippen LogP contribution >= 0.6 is 0 Å². The number of hydrogen-bond donors (Lipinski definition) is 1. The van der Waals surface area contributed by atoms with E-state index in [-0.39, 0.29) is 5.56 Å². The molecule has 0 radical (unpaired) electrons. The number of nitrogens with zero attached hydrogens (tertiary/aromatic N) is 4. The molecule has 2 aromatic rings. The summed E-state index contributed by atoms with van der Waals surface area (Å²) in [6, 6.07) is 0. The highest BCUT2D eigenvalue weighted by Crippen LogP contribution is 2.28. The maximum atomic E-state index is 11.3. The smallest absolute Gasteiger partial charge is 0.339 e. The molecule has 0 aliphatic heterocycles. The molecular weight excluding hydrogens is 248 g/mol. The van der Waals surface area contributed by atoms with E-state index in [0.29, 0.717) is 24.5 Å². The number of methoxy groups -OCH3 is 1. The first-order valence-corrected chi connectivity index (χ1v) is 5.80. The lowest BCUT2D eigenvalue weighted by Crippen LogP contribution is -2.24. The number of hydrogen-bond acceptors (Lipinski definition) is 5. The van der Waals surface area contributed by atoms with Crippen LogP contribution in [0.3, 0.4) is 0 Å². The maximum Gasteiger partial charge on any atom is 0.339 e. The monoisotopic (exact) mass is 264 g/mol. The van der Waals surface area contributed by atoms with Crippen molar-refractivity contribution in [1.29, 1.82) is 0 Å². The summed E-state index contributed by atoms with van der Waals surface area (Å²) < 4.78 is 6.65. The molecule has 19 heavy (non-hydrogen) atoms. The van der Waals surface area contributed by atoms with Crippen molar-refractivity contribution in [1.82, 2.24) is 14.8 Å². The Bertz CT molecular complexity index is 608. The molecule has 2 aromatic heterocycles. The number of likely N-dealkylation sites (N-methyl/N-ethyl adjacent to an activating group) is 1. The zero-order valence-corrected chi connectivity index (χ0v) is 11.1. The van der Waals surface area contributed by atoms with Crippen molar-refractivity contribution >= 4 is 22.7 Å². The molecule has 0 unspecified atom stereocenters. The Labute approximate surface area is 110 Å². The van der Waals surface area contributed by atoms with Crippen molar-refractivity contribution in [2.45, 2.75) is 0 Å². The van der Waals surface area contributed by atoms with Gasteiger partial charge in [0.1, 0.15) is 5.56 Å². The third kappa shape index (κ3) is 2.37. The number of anilines is 1. The summed E-state index contributed by atoms with van der Waals surface area (Å²) >= 11 is 0. The second kappa shape index (κ2) is 5.23. The Morgan fingerprint density at radius 3 is 2.89 bits per heavy atom. The lowest BCUT2D eigenvalue weighted by Gasteiger charge is -2.21. The first-order valence-electron chi connectivity index (χ1n) is 5.80. The van der Waals surface area contributed by atoms with E-state index in [1.54, 1.807) is 25.0 Å². The zero-order valence-electron chi connectivity index (χ0n) is 11.1. The largest absolute Gasteiger partial charge is 0.478 e. The van der Waals surface area contributed by atoms with E-state index in [9.17, 15) is 9.90 Å². The lowest BCUT2D eigenvalue weighted by molar-refractivity contribution is 0.0697. The summed E-state index contributed by atoms with van der Waals surface area (Å²) in [7, 11) is 5.21. The van der Waals surface area contributed by atoms with E-state index in [2.05, 4.69) is 10.1 Å². The minimum absolute atomic E-state index is 0.166. The van der Waals surface area contributed by atoms with Gasteiger partial charge >= 0.3 is 5.97 Å². The molecule has 0 saturated heterocycles. The van der Waals surface area contributed by atoms with Crippen molar-refractivity contribution in [2.24, 2.45) is 7.05 Å². The van der Waals surface area contributed by atoms with E-state index in [0.717, 1.165) is 5.39 Å². The van der Waals surface area contributed by atoms with Crippen molar-refractivity contribution in [2.75, 3.05) is 32.2 Å². The van der Waals surface area contributed by atoms with Gasteiger partial charge in [-0.05, 0) is 0 Å². The van der Waals surface area contributed by atoms with Gasteiger partial charge in [-0.25, -0.2) is 9.78 Å². The molecular formula is C12H16N4O3. The number of fused-ring (bicyclic) bond motifs is 1. The molecule has 0 spiro atoms. The van der Waals surface area contributed by atoms with Gasteiger partial charge in [-0.15, -0.1) is 0 Å². The Kier molecular flexibility index (Phi) is 3.66. The summed E-state index contributed by atoms with van der Waals surface area (Å²) in [5.41, 5.74) is 1.44. The zero-order chi connectivity index (χ0) is 14.0. The Balaban J connectivity index is 2.58. The van der Waals surface area contributed by atoms with Gasteiger partial charge in [0.15, 0.2) is 5.65 Å². The number of aryl methyl sites for hydroxylation is 1. The van der Waals surface area contributed by atoms with Crippen LogP contribution in [0.15, 0.2) is 12.4 Å². The lowest BCUT2D eigenvalue weighted by atomic mass is 10.1. The van der Waals surface area contributed by atoms with Crippen molar-refractivity contribution < 1.29 is 14.6 Å². The molecule has 0 amide bonds.